The number of benzene rings is 3. The lowest BCUT2D eigenvalue weighted by Gasteiger charge is -2.20. The van der Waals surface area contributed by atoms with Crippen LogP contribution in [0.2, 0.25) is 0 Å². The van der Waals surface area contributed by atoms with Crippen LogP contribution in [0.4, 0.5) is 0 Å². The second-order valence-electron chi connectivity index (χ2n) is 6.69. The first-order valence-corrected chi connectivity index (χ1v) is 9.34. The van der Waals surface area contributed by atoms with Crippen LogP contribution in [-0.4, -0.2) is 30.1 Å². The maximum absolute atomic E-state index is 12.6. The van der Waals surface area contributed by atoms with Gasteiger partial charge in [0.1, 0.15) is 6.04 Å². The number of nitrogens with one attached hydrogen (secondary N) is 1. The second kappa shape index (κ2) is 9.66. The van der Waals surface area contributed by atoms with E-state index in [2.05, 4.69) is 5.32 Å². The molecule has 5 heteroatoms. The molecule has 3 aromatic rings. The number of carbonyl (C=O) groups is 2. The van der Waals surface area contributed by atoms with Crippen molar-refractivity contribution in [1.82, 2.24) is 5.32 Å². The number of rotatable bonds is 8. The van der Waals surface area contributed by atoms with Crippen molar-refractivity contribution in [3.63, 3.8) is 0 Å². The molecule has 0 bridgehead atoms. The summed E-state index contributed by atoms with van der Waals surface area (Å²) in [6.45, 7) is 0. The van der Waals surface area contributed by atoms with E-state index in [1.54, 1.807) is 24.3 Å². The Morgan fingerprint density at radius 3 is 1.97 bits per heavy atom. The van der Waals surface area contributed by atoms with Crippen molar-refractivity contribution < 1.29 is 19.4 Å². The lowest BCUT2D eigenvalue weighted by Crippen LogP contribution is -2.44. The van der Waals surface area contributed by atoms with E-state index in [4.69, 9.17) is 4.74 Å². The van der Waals surface area contributed by atoms with E-state index in [0.717, 1.165) is 16.7 Å². The van der Waals surface area contributed by atoms with E-state index < -0.39 is 24.0 Å². The van der Waals surface area contributed by atoms with Crippen molar-refractivity contribution in [2.75, 3.05) is 7.11 Å². The number of amides is 1. The Hall–Kier alpha value is -3.44. The molecular weight excluding hydrogens is 366 g/mol. The Morgan fingerprint density at radius 2 is 1.41 bits per heavy atom. The summed E-state index contributed by atoms with van der Waals surface area (Å²) in [5.41, 5.74) is 3.64. The average molecular weight is 389 g/mol. The highest BCUT2D eigenvalue weighted by Crippen LogP contribution is 2.20. The third kappa shape index (κ3) is 5.30. The van der Waals surface area contributed by atoms with Crippen LogP contribution in [0.1, 0.15) is 17.2 Å². The molecule has 2 atom stereocenters. The molecule has 1 amide bonds. The van der Waals surface area contributed by atoms with Crippen molar-refractivity contribution in [1.29, 1.82) is 0 Å². The van der Waals surface area contributed by atoms with E-state index in [0.29, 0.717) is 5.56 Å². The zero-order chi connectivity index (χ0) is 20.6. The summed E-state index contributed by atoms with van der Waals surface area (Å²) >= 11 is 0. The van der Waals surface area contributed by atoms with Crippen LogP contribution in [0, 0.1) is 0 Å². The summed E-state index contributed by atoms with van der Waals surface area (Å²) in [6, 6.07) is 25.5. The Kier molecular flexibility index (Phi) is 6.76. The standard InChI is InChI=1S/C24H23NO4/c1-29-22(20-10-6-3-7-11-20)23(26)25-21(24(27)28)16-17-12-14-19(15-13-17)18-8-4-2-5-9-18/h2-15,21-22H,16H2,1H3,(H,25,26)(H,27,28)/t21-,22-/m1/s1. The van der Waals surface area contributed by atoms with Gasteiger partial charge >= 0.3 is 5.97 Å². The molecule has 0 aromatic heterocycles. The summed E-state index contributed by atoms with van der Waals surface area (Å²) in [5.74, 6) is -1.57. The van der Waals surface area contributed by atoms with E-state index >= 15 is 0 Å². The van der Waals surface area contributed by atoms with Gasteiger partial charge in [-0.15, -0.1) is 0 Å². The maximum Gasteiger partial charge on any atom is 0.326 e. The zero-order valence-electron chi connectivity index (χ0n) is 16.1. The lowest BCUT2D eigenvalue weighted by atomic mass is 10.0. The van der Waals surface area contributed by atoms with Gasteiger partial charge in [0.25, 0.3) is 5.91 Å². The van der Waals surface area contributed by atoms with Crippen LogP contribution >= 0.6 is 0 Å². The third-order valence-corrected chi connectivity index (χ3v) is 4.69. The molecule has 0 radical (unpaired) electrons. The molecule has 0 aliphatic rings. The summed E-state index contributed by atoms with van der Waals surface area (Å²) in [6.07, 6.45) is -0.681. The molecule has 3 rings (SSSR count). The van der Waals surface area contributed by atoms with Crippen LogP contribution < -0.4 is 5.32 Å². The predicted octanol–water partition coefficient (Wildman–Crippen LogP) is 3.85. The van der Waals surface area contributed by atoms with Crippen LogP contribution in [0.5, 0.6) is 0 Å². The predicted molar refractivity (Wildman–Crippen MR) is 111 cm³/mol. The average Bonchev–Trinajstić information content (AvgIpc) is 2.75. The van der Waals surface area contributed by atoms with Gasteiger partial charge in [-0.2, -0.15) is 0 Å². The fourth-order valence-corrected chi connectivity index (χ4v) is 3.17. The minimum absolute atomic E-state index is 0.182. The molecule has 29 heavy (non-hydrogen) atoms. The monoisotopic (exact) mass is 389 g/mol. The van der Waals surface area contributed by atoms with Gasteiger partial charge in [0.15, 0.2) is 6.10 Å². The smallest absolute Gasteiger partial charge is 0.326 e. The zero-order valence-corrected chi connectivity index (χ0v) is 16.1. The largest absolute Gasteiger partial charge is 0.480 e. The topological polar surface area (TPSA) is 75.6 Å². The van der Waals surface area contributed by atoms with E-state index in [9.17, 15) is 14.7 Å². The van der Waals surface area contributed by atoms with Crippen LogP contribution in [0.3, 0.4) is 0 Å². The molecule has 5 nitrogen and oxygen atoms in total. The number of ether oxygens (including phenoxy) is 1. The lowest BCUT2D eigenvalue weighted by molar-refractivity contribution is -0.144. The van der Waals surface area contributed by atoms with Gasteiger partial charge in [0, 0.05) is 13.5 Å². The first-order valence-electron chi connectivity index (χ1n) is 9.34. The molecular formula is C24H23NO4. The maximum atomic E-state index is 12.6. The quantitative estimate of drug-likeness (QED) is 0.614. The highest BCUT2D eigenvalue weighted by Gasteiger charge is 2.26. The van der Waals surface area contributed by atoms with Crippen LogP contribution in [0.15, 0.2) is 84.9 Å². The third-order valence-electron chi connectivity index (χ3n) is 4.69. The molecule has 0 unspecified atom stereocenters. The number of hydrogen-bond donors (Lipinski definition) is 2. The SMILES string of the molecule is CO[C@@H](C(=O)N[C@H](Cc1ccc(-c2ccccc2)cc1)C(=O)O)c1ccccc1. The number of carboxylic acid groups (broad SMARTS) is 1. The van der Waals surface area contributed by atoms with Gasteiger partial charge in [-0.1, -0.05) is 84.9 Å². The molecule has 3 aromatic carbocycles. The summed E-state index contributed by atoms with van der Waals surface area (Å²) in [4.78, 5) is 24.3. The number of carboxylic acids is 1. The minimum Gasteiger partial charge on any atom is -0.480 e. The van der Waals surface area contributed by atoms with Gasteiger partial charge < -0.3 is 15.2 Å². The van der Waals surface area contributed by atoms with Gasteiger partial charge in [0.2, 0.25) is 0 Å². The summed E-state index contributed by atoms with van der Waals surface area (Å²) < 4.78 is 5.29. The summed E-state index contributed by atoms with van der Waals surface area (Å²) in [7, 11) is 1.43. The van der Waals surface area contributed by atoms with Crippen LogP contribution in [0.25, 0.3) is 11.1 Å². The highest BCUT2D eigenvalue weighted by atomic mass is 16.5. The van der Waals surface area contributed by atoms with Gasteiger partial charge in [-0.05, 0) is 22.3 Å². The highest BCUT2D eigenvalue weighted by molar-refractivity contribution is 5.87. The number of hydrogen-bond acceptors (Lipinski definition) is 3. The van der Waals surface area contributed by atoms with Crippen molar-refractivity contribution >= 4 is 11.9 Å². The van der Waals surface area contributed by atoms with E-state index in [1.807, 2.05) is 60.7 Å². The summed E-state index contributed by atoms with van der Waals surface area (Å²) in [5, 5.41) is 12.2. The number of methoxy groups -OCH3 is 1. The number of carbonyl (C=O) groups excluding carboxylic acids is 1. The molecule has 148 valence electrons. The van der Waals surface area contributed by atoms with Crippen molar-refractivity contribution in [3.8, 4) is 11.1 Å². The Balaban J connectivity index is 1.70. The molecule has 0 saturated heterocycles. The molecule has 0 fully saturated rings. The Labute approximate surface area is 170 Å². The fraction of sp³-hybridized carbons (Fsp3) is 0.167. The second-order valence-corrected chi connectivity index (χ2v) is 6.69. The molecule has 0 saturated carbocycles. The first-order chi connectivity index (χ1) is 14.1. The minimum atomic E-state index is -1.09. The van der Waals surface area contributed by atoms with Crippen molar-refractivity contribution in [3.05, 3.63) is 96.1 Å². The Morgan fingerprint density at radius 1 is 0.862 bits per heavy atom. The van der Waals surface area contributed by atoms with E-state index in [1.165, 1.54) is 7.11 Å². The van der Waals surface area contributed by atoms with Crippen LogP contribution in [-0.2, 0) is 20.7 Å². The molecule has 0 aliphatic heterocycles. The van der Waals surface area contributed by atoms with Crippen molar-refractivity contribution in [2.24, 2.45) is 0 Å². The van der Waals surface area contributed by atoms with Gasteiger partial charge in [0.05, 0.1) is 0 Å². The first kappa shape index (κ1) is 20.3. The molecule has 0 heterocycles. The van der Waals surface area contributed by atoms with Gasteiger partial charge in [-0.3, -0.25) is 4.79 Å². The Bertz CT molecular complexity index is 940. The van der Waals surface area contributed by atoms with Crippen molar-refractivity contribution in [2.45, 2.75) is 18.6 Å². The molecule has 2 N–H and O–H groups in total. The van der Waals surface area contributed by atoms with Gasteiger partial charge in [-0.25, -0.2) is 4.79 Å². The normalized spacial score (nSPS) is 12.7. The molecule has 0 spiro atoms. The fourth-order valence-electron chi connectivity index (χ4n) is 3.17. The molecule has 0 aliphatic carbocycles. The number of aliphatic carboxylic acids is 1. The van der Waals surface area contributed by atoms with E-state index in [-0.39, 0.29) is 6.42 Å².